The van der Waals surface area contributed by atoms with Crippen molar-refractivity contribution in [3.8, 4) is 5.75 Å². The quantitative estimate of drug-likeness (QED) is 0.465. The smallest absolute Gasteiger partial charge is 0.336 e. The molecule has 0 spiro atoms. The Morgan fingerprint density at radius 2 is 2.00 bits per heavy atom. The molecule has 4 aromatic rings. The zero-order valence-corrected chi connectivity index (χ0v) is 17.9. The van der Waals surface area contributed by atoms with Crippen LogP contribution in [0.5, 0.6) is 5.75 Å². The van der Waals surface area contributed by atoms with Crippen LogP contribution in [0.3, 0.4) is 0 Å². The van der Waals surface area contributed by atoms with Gasteiger partial charge < -0.3 is 19.0 Å². The van der Waals surface area contributed by atoms with Crippen molar-refractivity contribution in [1.29, 1.82) is 0 Å². The van der Waals surface area contributed by atoms with Gasteiger partial charge in [0.05, 0.1) is 18.1 Å². The number of aromatic nitrogens is 2. The molecule has 0 fully saturated rings. The number of amides is 1. The van der Waals surface area contributed by atoms with Gasteiger partial charge in [0.25, 0.3) is 0 Å². The Morgan fingerprint density at radius 3 is 2.77 bits per heavy atom. The predicted octanol–water partition coefficient (Wildman–Crippen LogP) is 3.29. The van der Waals surface area contributed by atoms with E-state index in [0.717, 1.165) is 33.4 Å². The van der Waals surface area contributed by atoms with Crippen LogP contribution in [0.25, 0.3) is 22.0 Å². The molecule has 160 valence electrons. The van der Waals surface area contributed by atoms with Gasteiger partial charge >= 0.3 is 5.63 Å². The molecular formula is C24H25N3O4. The van der Waals surface area contributed by atoms with Gasteiger partial charge in [-0.15, -0.1) is 0 Å². The SMILES string of the molecule is COc1cc2oc(=O)cc(C)c2cc1CCC(=O)NCCc1nc2ccccc2n1C. The first-order valence-corrected chi connectivity index (χ1v) is 10.2. The number of para-hydroxylation sites is 2. The summed E-state index contributed by atoms with van der Waals surface area (Å²) in [4.78, 5) is 28.6. The molecule has 7 nitrogen and oxygen atoms in total. The molecule has 0 unspecified atom stereocenters. The Balaban J connectivity index is 1.38. The summed E-state index contributed by atoms with van der Waals surface area (Å²) in [5.41, 5.74) is 3.87. The van der Waals surface area contributed by atoms with Crippen LogP contribution in [0.1, 0.15) is 23.4 Å². The lowest BCUT2D eigenvalue weighted by Crippen LogP contribution is -2.26. The third kappa shape index (κ3) is 4.30. The number of aryl methyl sites for hydroxylation is 3. The summed E-state index contributed by atoms with van der Waals surface area (Å²) in [6, 6.07) is 13.1. The van der Waals surface area contributed by atoms with E-state index in [1.165, 1.54) is 6.07 Å². The molecule has 0 radical (unpaired) electrons. The average molecular weight is 419 g/mol. The lowest BCUT2D eigenvalue weighted by atomic mass is 10.0. The molecule has 0 aliphatic carbocycles. The van der Waals surface area contributed by atoms with Crippen LogP contribution in [0.15, 0.2) is 51.7 Å². The number of carbonyl (C=O) groups excluding carboxylic acids is 1. The van der Waals surface area contributed by atoms with Gasteiger partial charge in [-0.2, -0.15) is 0 Å². The fourth-order valence-electron chi connectivity index (χ4n) is 3.85. The second-order valence-electron chi connectivity index (χ2n) is 7.58. The van der Waals surface area contributed by atoms with Gasteiger partial charge in [0, 0.05) is 44.0 Å². The van der Waals surface area contributed by atoms with Crippen LogP contribution < -0.4 is 15.7 Å². The van der Waals surface area contributed by atoms with Crippen molar-refractivity contribution in [3.05, 3.63) is 69.8 Å². The zero-order chi connectivity index (χ0) is 22.0. The molecule has 31 heavy (non-hydrogen) atoms. The summed E-state index contributed by atoms with van der Waals surface area (Å²) < 4.78 is 12.8. The minimum atomic E-state index is -0.389. The fraction of sp³-hybridized carbons (Fsp3) is 0.292. The van der Waals surface area contributed by atoms with Crippen LogP contribution in [0.4, 0.5) is 0 Å². The zero-order valence-electron chi connectivity index (χ0n) is 17.9. The van der Waals surface area contributed by atoms with Gasteiger partial charge in [-0.25, -0.2) is 9.78 Å². The maximum atomic E-state index is 12.4. The van der Waals surface area contributed by atoms with Crippen LogP contribution in [0.2, 0.25) is 0 Å². The van der Waals surface area contributed by atoms with E-state index < -0.39 is 0 Å². The topological polar surface area (TPSA) is 86.4 Å². The lowest BCUT2D eigenvalue weighted by Gasteiger charge is -2.11. The summed E-state index contributed by atoms with van der Waals surface area (Å²) in [5, 5.41) is 3.82. The monoisotopic (exact) mass is 419 g/mol. The van der Waals surface area contributed by atoms with E-state index in [-0.39, 0.29) is 11.5 Å². The Bertz CT molecular complexity index is 1320. The third-order valence-corrected chi connectivity index (χ3v) is 5.52. The van der Waals surface area contributed by atoms with E-state index in [1.807, 2.05) is 44.3 Å². The molecule has 2 aromatic heterocycles. The van der Waals surface area contributed by atoms with Crippen molar-refractivity contribution in [1.82, 2.24) is 14.9 Å². The molecule has 0 aliphatic heterocycles. The number of benzene rings is 2. The minimum absolute atomic E-state index is 0.0303. The van der Waals surface area contributed by atoms with Gasteiger partial charge in [0.2, 0.25) is 5.91 Å². The summed E-state index contributed by atoms with van der Waals surface area (Å²) in [6.07, 6.45) is 1.52. The number of ether oxygens (including phenoxy) is 1. The Labute approximate surface area is 179 Å². The van der Waals surface area contributed by atoms with E-state index in [4.69, 9.17) is 9.15 Å². The number of hydrogen-bond acceptors (Lipinski definition) is 5. The van der Waals surface area contributed by atoms with E-state index in [2.05, 4.69) is 14.9 Å². The van der Waals surface area contributed by atoms with Crippen molar-refractivity contribution >= 4 is 27.9 Å². The number of carbonyl (C=O) groups is 1. The molecule has 0 saturated heterocycles. The van der Waals surface area contributed by atoms with Crippen molar-refractivity contribution in [3.63, 3.8) is 0 Å². The predicted molar refractivity (Wildman–Crippen MR) is 120 cm³/mol. The van der Waals surface area contributed by atoms with Gasteiger partial charge in [-0.1, -0.05) is 12.1 Å². The highest BCUT2D eigenvalue weighted by Crippen LogP contribution is 2.28. The number of nitrogens with zero attached hydrogens (tertiary/aromatic N) is 2. The molecule has 0 atom stereocenters. The van der Waals surface area contributed by atoms with Gasteiger partial charge in [0.15, 0.2) is 0 Å². The van der Waals surface area contributed by atoms with E-state index in [0.29, 0.717) is 37.1 Å². The summed E-state index contributed by atoms with van der Waals surface area (Å²) in [7, 11) is 3.55. The van der Waals surface area contributed by atoms with Crippen molar-refractivity contribution in [2.45, 2.75) is 26.2 Å². The molecule has 1 amide bonds. The number of imidazole rings is 1. The van der Waals surface area contributed by atoms with Crippen molar-refractivity contribution in [2.75, 3.05) is 13.7 Å². The van der Waals surface area contributed by atoms with E-state index in [9.17, 15) is 9.59 Å². The maximum absolute atomic E-state index is 12.4. The first-order chi connectivity index (χ1) is 15.0. The Kier molecular flexibility index (Phi) is 5.75. The molecule has 7 heteroatoms. The first-order valence-electron chi connectivity index (χ1n) is 10.2. The number of methoxy groups -OCH3 is 1. The van der Waals surface area contributed by atoms with Gasteiger partial charge in [-0.3, -0.25) is 4.79 Å². The number of fused-ring (bicyclic) bond motifs is 2. The van der Waals surface area contributed by atoms with E-state index in [1.54, 1.807) is 13.2 Å². The fourth-order valence-corrected chi connectivity index (χ4v) is 3.85. The molecule has 0 bridgehead atoms. The molecule has 0 aliphatic rings. The Hall–Kier alpha value is -3.61. The molecule has 2 heterocycles. The maximum Gasteiger partial charge on any atom is 0.336 e. The summed E-state index contributed by atoms with van der Waals surface area (Å²) >= 11 is 0. The molecule has 4 rings (SSSR count). The molecule has 2 aromatic carbocycles. The highest BCUT2D eigenvalue weighted by molar-refractivity contribution is 5.83. The van der Waals surface area contributed by atoms with Gasteiger partial charge in [0.1, 0.15) is 17.2 Å². The molecule has 1 N–H and O–H groups in total. The highest BCUT2D eigenvalue weighted by atomic mass is 16.5. The van der Waals surface area contributed by atoms with E-state index >= 15 is 0 Å². The summed E-state index contributed by atoms with van der Waals surface area (Å²) in [6.45, 7) is 2.39. The molecule has 0 saturated carbocycles. The number of rotatable bonds is 7. The third-order valence-electron chi connectivity index (χ3n) is 5.52. The first kappa shape index (κ1) is 20.7. The van der Waals surface area contributed by atoms with Crippen LogP contribution in [-0.2, 0) is 24.7 Å². The largest absolute Gasteiger partial charge is 0.496 e. The van der Waals surface area contributed by atoms with Crippen LogP contribution in [-0.4, -0.2) is 29.1 Å². The second kappa shape index (κ2) is 8.63. The van der Waals surface area contributed by atoms with Crippen LogP contribution >= 0.6 is 0 Å². The van der Waals surface area contributed by atoms with Crippen molar-refractivity contribution < 1.29 is 13.9 Å². The number of hydrogen-bond donors (Lipinski definition) is 1. The Morgan fingerprint density at radius 1 is 1.19 bits per heavy atom. The highest BCUT2D eigenvalue weighted by Gasteiger charge is 2.12. The number of nitrogens with one attached hydrogen (secondary N) is 1. The standard InChI is InChI=1S/C24H25N3O4/c1-15-12-24(29)31-21-14-20(30-3)16(13-17(15)21)8-9-23(28)25-11-10-22-26-18-6-4-5-7-19(18)27(22)2/h4-7,12-14H,8-11H2,1-3H3,(H,25,28). The average Bonchev–Trinajstić information content (AvgIpc) is 3.07. The normalized spacial score (nSPS) is 11.2. The second-order valence-corrected chi connectivity index (χ2v) is 7.58. The van der Waals surface area contributed by atoms with Gasteiger partial charge in [-0.05, 0) is 42.7 Å². The summed E-state index contributed by atoms with van der Waals surface area (Å²) in [5.74, 6) is 1.51. The molecular weight excluding hydrogens is 394 g/mol. The van der Waals surface area contributed by atoms with Crippen molar-refractivity contribution in [2.24, 2.45) is 7.05 Å². The minimum Gasteiger partial charge on any atom is -0.496 e. The lowest BCUT2D eigenvalue weighted by molar-refractivity contribution is -0.121. The van der Waals surface area contributed by atoms with Crippen LogP contribution in [0, 0.1) is 6.92 Å².